The van der Waals surface area contributed by atoms with Crippen molar-refractivity contribution in [2.24, 2.45) is 0 Å². The summed E-state index contributed by atoms with van der Waals surface area (Å²) in [5, 5.41) is 8.90. The molecule has 2 aromatic heterocycles. The zero-order chi connectivity index (χ0) is 10.7. The summed E-state index contributed by atoms with van der Waals surface area (Å²) in [6.45, 7) is 0. The van der Waals surface area contributed by atoms with Crippen molar-refractivity contribution in [2.45, 2.75) is 0 Å². The molecule has 2 aromatic rings. The van der Waals surface area contributed by atoms with Crippen LogP contribution in [0.15, 0.2) is 31.1 Å². The van der Waals surface area contributed by atoms with E-state index in [-0.39, 0.29) is 5.56 Å². The van der Waals surface area contributed by atoms with Gasteiger partial charge < -0.3 is 5.11 Å². The highest BCUT2D eigenvalue weighted by Gasteiger charge is 2.13. The molecule has 0 radical (unpaired) electrons. The second kappa shape index (κ2) is 3.79. The van der Waals surface area contributed by atoms with Crippen LogP contribution < -0.4 is 0 Å². The molecule has 0 aliphatic heterocycles. The van der Waals surface area contributed by atoms with Crippen LogP contribution >= 0.6 is 0 Å². The lowest BCUT2D eigenvalue weighted by Crippen LogP contribution is -2.03. The van der Waals surface area contributed by atoms with E-state index in [1.807, 2.05) is 0 Å². The van der Waals surface area contributed by atoms with Crippen LogP contribution in [0.2, 0.25) is 0 Å². The van der Waals surface area contributed by atoms with Crippen molar-refractivity contribution in [2.75, 3.05) is 0 Å². The number of carbonyl (C=O) groups is 1. The number of nitrogens with zero attached hydrogens (tertiary/aromatic N) is 4. The van der Waals surface area contributed by atoms with Crippen molar-refractivity contribution >= 4 is 5.97 Å². The molecule has 1 N–H and O–H groups in total. The molecule has 15 heavy (non-hydrogen) atoms. The smallest absolute Gasteiger partial charge is 0.339 e. The summed E-state index contributed by atoms with van der Waals surface area (Å²) in [5.41, 5.74) is 0.779. The monoisotopic (exact) mass is 202 g/mol. The Hall–Kier alpha value is -2.37. The Morgan fingerprint density at radius 1 is 1.20 bits per heavy atom. The second-order valence-electron chi connectivity index (χ2n) is 2.68. The third kappa shape index (κ3) is 1.78. The lowest BCUT2D eigenvalue weighted by atomic mass is 10.2. The van der Waals surface area contributed by atoms with Crippen LogP contribution in [0.25, 0.3) is 11.4 Å². The van der Waals surface area contributed by atoms with Crippen LogP contribution in [0, 0.1) is 0 Å². The van der Waals surface area contributed by atoms with E-state index in [2.05, 4.69) is 19.9 Å². The molecule has 0 spiro atoms. The van der Waals surface area contributed by atoms with E-state index in [0.717, 1.165) is 0 Å². The summed E-state index contributed by atoms with van der Waals surface area (Å²) in [7, 11) is 0. The predicted molar refractivity (Wildman–Crippen MR) is 50.0 cm³/mol. The van der Waals surface area contributed by atoms with Gasteiger partial charge in [-0.15, -0.1) is 0 Å². The Morgan fingerprint density at radius 2 is 2.00 bits per heavy atom. The lowest BCUT2D eigenvalue weighted by molar-refractivity contribution is 0.0697. The molecule has 0 aliphatic rings. The molecule has 0 unspecified atom stereocenters. The van der Waals surface area contributed by atoms with E-state index in [1.54, 1.807) is 6.07 Å². The molecule has 6 nitrogen and oxygen atoms in total. The molecule has 2 rings (SSSR count). The second-order valence-corrected chi connectivity index (χ2v) is 2.68. The topological polar surface area (TPSA) is 88.9 Å². The highest BCUT2D eigenvalue weighted by Crippen LogP contribution is 2.16. The van der Waals surface area contributed by atoms with Gasteiger partial charge in [0.1, 0.15) is 23.9 Å². The molecule has 0 saturated carbocycles. The minimum atomic E-state index is -1.08. The van der Waals surface area contributed by atoms with Gasteiger partial charge in [-0.2, -0.15) is 0 Å². The summed E-state index contributed by atoms with van der Waals surface area (Å²) in [6.07, 6.45) is 5.38. The number of carboxylic acids is 1. The normalized spacial score (nSPS) is 9.87. The number of hydrogen-bond acceptors (Lipinski definition) is 5. The maximum atomic E-state index is 10.9. The van der Waals surface area contributed by atoms with Gasteiger partial charge in [0.2, 0.25) is 0 Å². The maximum Gasteiger partial charge on any atom is 0.339 e. The van der Waals surface area contributed by atoms with E-state index in [1.165, 1.54) is 25.0 Å². The molecule has 0 aromatic carbocycles. The quantitative estimate of drug-likeness (QED) is 0.768. The molecule has 0 fully saturated rings. The Balaban J connectivity index is 2.58. The van der Waals surface area contributed by atoms with E-state index >= 15 is 0 Å². The largest absolute Gasteiger partial charge is 0.478 e. The lowest BCUT2D eigenvalue weighted by Gasteiger charge is -2.01. The first kappa shape index (κ1) is 9.20. The number of hydrogen-bond donors (Lipinski definition) is 1. The molecule has 6 heteroatoms. The summed E-state index contributed by atoms with van der Waals surface area (Å²) in [6, 6.07) is 1.59. The molecular formula is C9H6N4O2. The van der Waals surface area contributed by atoms with Gasteiger partial charge in [-0.3, -0.25) is 0 Å². The first-order valence-corrected chi connectivity index (χ1v) is 4.08. The van der Waals surface area contributed by atoms with Gasteiger partial charge in [-0.05, 0) is 6.07 Å². The van der Waals surface area contributed by atoms with Gasteiger partial charge in [0, 0.05) is 12.4 Å². The van der Waals surface area contributed by atoms with Crippen molar-refractivity contribution in [3.63, 3.8) is 0 Å². The first-order chi connectivity index (χ1) is 7.29. The molecule has 74 valence electrons. The predicted octanol–water partition coefficient (Wildman–Crippen LogP) is 0.632. The van der Waals surface area contributed by atoms with E-state index in [9.17, 15) is 4.79 Å². The van der Waals surface area contributed by atoms with Crippen LogP contribution in [0.4, 0.5) is 0 Å². The Kier molecular flexibility index (Phi) is 2.32. The Labute approximate surface area is 84.7 Å². The van der Waals surface area contributed by atoms with E-state index < -0.39 is 5.97 Å². The van der Waals surface area contributed by atoms with Crippen LogP contribution in [0.1, 0.15) is 10.4 Å². The Morgan fingerprint density at radius 3 is 2.67 bits per heavy atom. The van der Waals surface area contributed by atoms with E-state index in [4.69, 9.17) is 5.11 Å². The number of rotatable bonds is 2. The average Bonchev–Trinajstić information content (AvgIpc) is 2.30. The molecular weight excluding hydrogens is 196 g/mol. The van der Waals surface area contributed by atoms with Gasteiger partial charge in [0.15, 0.2) is 0 Å². The first-order valence-electron chi connectivity index (χ1n) is 4.08. The third-order valence-electron chi connectivity index (χ3n) is 1.77. The summed E-state index contributed by atoms with van der Waals surface area (Å²) < 4.78 is 0. The van der Waals surface area contributed by atoms with Gasteiger partial charge in [-0.1, -0.05) is 0 Å². The molecule has 0 aliphatic carbocycles. The minimum Gasteiger partial charge on any atom is -0.478 e. The maximum absolute atomic E-state index is 10.9. The highest BCUT2D eigenvalue weighted by atomic mass is 16.4. The number of carboxylic acid groups (broad SMARTS) is 1. The zero-order valence-electron chi connectivity index (χ0n) is 7.53. The van der Waals surface area contributed by atoms with Gasteiger partial charge >= 0.3 is 5.97 Å². The van der Waals surface area contributed by atoms with Gasteiger partial charge in [-0.25, -0.2) is 24.7 Å². The minimum absolute atomic E-state index is 0.0243. The third-order valence-corrected chi connectivity index (χ3v) is 1.77. The van der Waals surface area contributed by atoms with Crippen molar-refractivity contribution in [3.05, 3.63) is 36.7 Å². The molecule has 0 saturated heterocycles. The Bertz CT molecular complexity index is 486. The standard InChI is InChI=1S/C9H6N4O2/c14-9(15)6-3-11-5-13-8(6)7-1-2-10-4-12-7/h1-5H,(H,14,15). The van der Waals surface area contributed by atoms with Crippen LogP contribution in [-0.4, -0.2) is 31.0 Å². The molecule has 0 atom stereocenters. The molecule has 0 amide bonds. The summed E-state index contributed by atoms with van der Waals surface area (Å²) in [5.74, 6) is -1.08. The van der Waals surface area contributed by atoms with Crippen LogP contribution in [-0.2, 0) is 0 Å². The number of aromatic carboxylic acids is 1. The summed E-state index contributed by atoms with van der Waals surface area (Å²) >= 11 is 0. The van der Waals surface area contributed by atoms with Crippen molar-refractivity contribution in [1.29, 1.82) is 0 Å². The van der Waals surface area contributed by atoms with Gasteiger partial charge in [0.05, 0.1) is 5.69 Å². The fourth-order valence-corrected chi connectivity index (χ4v) is 1.12. The summed E-state index contributed by atoms with van der Waals surface area (Å²) in [4.78, 5) is 26.1. The van der Waals surface area contributed by atoms with Crippen LogP contribution in [0.3, 0.4) is 0 Å². The average molecular weight is 202 g/mol. The number of aromatic nitrogens is 4. The van der Waals surface area contributed by atoms with Crippen molar-refractivity contribution in [1.82, 2.24) is 19.9 Å². The highest BCUT2D eigenvalue weighted by molar-refractivity contribution is 5.93. The molecule has 0 bridgehead atoms. The SMILES string of the molecule is O=C(O)c1cncnc1-c1ccncn1. The van der Waals surface area contributed by atoms with Crippen molar-refractivity contribution < 1.29 is 9.90 Å². The molecule has 2 heterocycles. The van der Waals surface area contributed by atoms with Crippen LogP contribution in [0.5, 0.6) is 0 Å². The fourth-order valence-electron chi connectivity index (χ4n) is 1.12. The zero-order valence-corrected chi connectivity index (χ0v) is 7.53. The fraction of sp³-hybridized carbons (Fsp3) is 0. The van der Waals surface area contributed by atoms with Gasteiger partial charge in [0.25, 0.3) is 0 Å². The van der Waals surface area contributed by atoms with Crippen molar-refractivity contribution in [3.8, 4) is 11.4 Å². The van der Waals surface area contributed by atoms with E-state index in [0.29, 0.717) is 11.4 Å².